The molecule has 1 atom stereocenters. The second-order valence-electron chi connectivity index (χ2n) is 5.65. The lowest BCUT2D eigenvalue weighted by Gasteiger charge is -2.10. The fraction of sp³-hybridized carbons (Fsp3) is 0.250. The van der Waals surface area contributed by atoms with E-state index < -0.39 is 0 Å². The monoisotopic (exact) mass is 273 g/mol. The molecule has 1 unspecified atom stereocenters. The van der Waals surface area contributed by atoms with Crippen LogP contribution in [0, 0.1) is 11.6 Å². The maximum atomic E-state index is 13.5. The van der Waals surface area contributed by atoms with Crippen LogP contribution in [-0.2, 0) is 11.3 Å². The van der Waals surface area contributed by atoms with Crippen LogP contribution < -0.4 is 0 Å². The molecular formula is C16H13F2NO. The molecule has 1 aromatic heterocycles. The number of aromatic nitrogens is 1. The molecule has 4 rings (SSSR count). The highest BCUT2D eigenvalue weighted by molar-refractivity contribution is 6.08. The molecule has 0 aliphatic carbocycles. The van der Waals surface area contributed by atoms with E-state index in [0.29, 0.717) is 6.54 Å². The van der Waals surface area contributed by atoms with Gasteiger partial charge in [0, 0.05) is 21.8 Å². The van der Waals surface area contributed by atoms with Gasteiger partial charge in [-0.3, -0.25) is 0 Å². The highest BCUT2D eigenvalue weighted by Crippen LogP contribution is 2.35. The summed E-state index contributed by atoms with van der Waals surface area (Å²) in [5.41, 5.74) is 1.65. The van der Waals surface area contributed by atoms with Crippen LogP contribution in [0.15, 0.2) is 36.4 Å². The molecule has 1 fully saturated rings. The Morgan fingerprint density at radius 3 is 2.00 bits per heavy atom. The second kappa shape index (κ2) is 3.79. The third-order valence-electron chi connectivity index (χ3n) is 3.92. The number of halogens is 2. The van der Waals surface area contributed by atoms with Gasteiger partial charge in [-0.05, 0) is 43.3 Å². The Kier molecular flexibility index (Phi) is 2.25. The average Bonchev–Trinajstić information content (AvgIpc) is 3.07. The van der Waals surface area contributed by atoms with Crippen LogP contribution in [-0.4, -0.2) is 16.8 Å². The van der Waals surface area contributed by atoms with Crippen molar-refractivity contribution in [2.45, 2.75) is 19.1 Å². The molecule has 4 heteroatoms. The van der Waals surface area contributed by atoms with Crippen molar-refractivity contribution >= 4 is 21.8 Å². The van der Waals surface area contributed by atoms with Crippen molar-refractivity contribution in [3.8, 4) is 0 Å². The summed E-state index contributed by atoms with van der Waals surface area (Å²) < 4.78 is 34.5. The summed E-state index contributed by atoms with van der Waals surface area (Å²) in [5.74, 6) is -0.621. The molecule has 102 valence electrons. The van der Waals surface area contributed by atoms with E-state index in [9.17, 15) is 8.78 Å². The summed E-state index contributed by atoms with van der Waals surface area (Å²) in [5, 5.41) is 1.48. The number of hydrogen-bond acceptors (Lipinski definition) is 1. The number of epoxide rings is 1. The Bertz CT molecular complexity index is 774. The number of fused-ring (bicyclic) bond motifs is 3. The zero-order valence-corrected chi connectivity index (χ0v) is 11.0. The summed E-state index contributed by atoms with van der Waals surface area (Å²) in [6.45, 7) is 3.44. The van der Waals surface area contributed by atoms with Crippen molar-refractivity contribution in [2.24, 2.45) is 0 Å². The van der Waals surface area contributed by atoms with E-state index in [1.54, 1.807) is 12.1 Å². The van der Waals surface area contributed by atoms with Gasteiger partial charge < -0.3 is 9.30 Å². The normalized spacial score (nSPS) is 21.8. The van der Waals surface area contributed by atoms with Crippen LogP contribution >= 0.6 is 0 Å². The highest BCUT2D eigenvalue weighted by Gasteiger charge is 2.40. The van der Waals surface area contributed by atoms with E-state index in [1.807, 2.05) is 6.92 Å². The van der Waals surface area contributed by atoms with Crippen LogP contribution in [0.1, 0.15) is 6.92 Å². The minimum Gasteiger partial charge on any atom is -0.368 e. The second-order valence-corrected chi connectivity index (χ2v) is 5.65. The van der Waals surface area contributed by atoms with Gasteiger partial charge in [-0.1, -0.05) is 0 Å². The smallest absolute Gasteiger partial charge is 0.123 e. The van der Waals surface area contributed by atoms with E-state index in [0.717, 1.165) is 28.4 Å². The maximum absolute atomic E-state index is 13.5. The Labute approximate surface area is 114 Å². The first-order valence-corrected chi connectivity index (χ1v) is 6.57. The molecular weight excluding hydrogens is 260 g/mol. The van der Waals surface area contributed by atoms with E-state index in [2.05, 4.69) is 4.57 Å². The third-order valence-corrected chi connectivity index (χ3v) is 3.92. The fourth-order valence-electron chi connectivity index (χ4n) is 2.77. The van der Waals surface area contributed by atoms with E-state index >= 15 is 0 Å². The predicted octanol–water partition coefficient (Wildman–Crippen LogP) is 3.86. The Balaban J connectivity index is 2.07. The Hall–Kier alpha value is -1.94. The molecule has 2 heterocycles. The minimum absolute atomic E-state index is 0.165. The standard InChI is InChI=1S/C16H13F2NO/c1-16(9-20-16)8-19-14-4-2-10(17)6-12(14)13-7-11(18)3-5-15(13)19/h2-7H,8-9H2,1H3. The largest absolute Gasteiger partial charge is 0.368 e. The molecule has 0 bridgehead atoms. The zero-order valence-electron chi connectivity index (χ0n) is 11.0. The van der Waals surface area contributed by atoms with Gasteiger partial charge in [-0.15, -0.1) is 0 Å². The van der Waals surface area contributed by atoms with Gasteiger partial charge in [-0.2, -0.15) is 0 Å². The lowest BCUT2D eigenvalue weighted by molar-refractivity contribution is 0.298. The first-order valence-electron chi connectivity index (χ1n) is 6.57. The average molecular weight is 273 g/mol. The molecule has 1 aliphatic heterocycles. The number of nitrogens with zero attached hydrogens (tertiary/aromatic N) is 1. The van der Waals surface area contributed by atoms with Crippen LogP contribution in [0.2, 0.25) is 0 Å². The summed E-state index contributed by atoms with van der Waals surface area (Å²) in [4.78, 5) is 0. The lowest BCUT2D eigenvalue weighted by atomic mass is 10.1. The van der Waals surface area contributed by atoms with Crippen LogP contribution in [0.4, 0.5) is 8.78 Å². The van der Waals surface area contributed by atoms with Crippen molar-refractivity contribution < 1.29 is 13.5 Å². The van der Waals surface area contributed by atoms with Gasteiger partial charge in [0.15, 0.2) is 0 Å². The Morgan fingerprint density at radius 1 is 1.05 bits per heavy atom. The summed E-state index contributed by atoms with van der Waals surface area (Å²) in [6, 6.07) is 9.28. The van der Waals surface area contributed by atoms with Crippen LogP contribution in [0.5, 0.6) is 0 Å². The number of hydrogen-bond donors (Lipinski definition) is 0. The van der Waals surface area contributed by atoms with Crippen molar-refractivity contribution in [1.82, 2.24) is 4.57 Å². The van der Waals surface area contributed by atoms with Crippen molar-refractivity contribution in [3.05, 3.63) is 48.0 Å². The topological polar surface area (TPSA) is 17.5 Å². The molecule has 0 spiro atoms. The first kappa shape index (κ1) is 11.9. The summed E-state index contributed by atoms with van der Waals surface area (Å²) >= 11 is 0. The minimum atomic E-state index is -0.310. The number of ether oxygens (including phenoxy) is 1. The van der Waals surface area contributed by atoms with Gasteiger partial charge in [0.25, 0.3) is 0 Å². The third kappa shape index (κ3) is 1.72. The van der Waals surface area contributed by atoms with Gasteiger partial charge in [0.1, 0.15) is 17.2 Å². The fourth-order valence-corrected chi connectivity index (χ4v) is 2.77. The first-order chi connectivity index (χ1) is 9.56. The van der Waals surface area contributed by atoms with E-state index in [4.69, 9.17) is 4.74 Å². The SMILES string of the molecule is CC1(Cn2c3ccc(F)cc3c3cc(F)ccc32)CO1. The molecule has 0 N–H and O–H groups in total. The predicted molar refractivity (Wildman–Crippen MR) is 73.7 cm³/mol. The van der Waals surface area contributed by atoms with Crippen molar-refractivity contribution in [2.75, 3.05) is 6.61 Å². The molecule has 1 saturated heterocycles. The lowest BCUT2D eigenvalue weighted by Crippen LogP contribution is -2.15. The van der Waals surface area contributed by atoms with Crippen LogP contribution in [0.25, 0.3) is 21.8 Å². The molecule has 2 nitrogen and oxygen atoms in total. The Morgan fingerprint density at radius 2 is 1.55 bits per heavy atom. The molecule has 3 aromatic rings. The maximum Gasteiger partial charge on any atom is 0.123 e. The molecule has 0 radical (unpaired) electrons. The quantitative estimate of drug-likeness (QED) is 0.648. The van der Waals surface area contributed by atoms with Gasteiger partial charge >= 0.3 is 0 Å². The van der Waals surface area contributed by atoms with Crippen LogP contribution in [0.3, 0.4) is 0 Å². The van der Waals surface area contributed by atoms with Crippen molar-refractivity contribution in [3.63, 3.8) is 0 Å². The van der Waals surface area contributed by atoms with Gasteiger partial charge in [0.2, 0.25) is 0 Å². The van der Waals surface area contributed by atoms with Gasteiger partial charge in [-0.25, -0.2) is 8.78 Å². The number of benzene rings is 2. The highest BCUT2D eigenvalue weighted by atomic mass is 19.1. The molecule has 1 aliphatic rings. The molecule has 20 heavy (non-hydrogen) atoms. The van der Waals surface area contributed by atoms with Crippen molar-refractivity contribution in [1.29, 1.82) is 0 Å². The van der Waals surface area contributed by atoms with E-state index in [-0.39, 0.29) is 17.2 Å². The molecule has 0 amide bonds. The summed E-state index contributed by atoms with van der Waals surface area (Å²) in [7, 11) is 0. The van der Waals surface area contributed by atoms with Gasteiger partial charge in [0.05, 0.1) is 13.2 Å². The van der Waals surface area contributed by atoms with E-state index in [1.165, 1.54) is 24.3 Å². The molecule has 2 aromatic carbocycles. The summed E-state index contributed by atoms with van der Waals surface area (Å²) in [6.07, 6.45) is 0. The molecule has 0 saturated carbocycles. The number of rotatable bonds is 2. The zero-order chi connectivity index (χ0) is 13.9.